The number of carbonyl (C=O) groups is 1. The van der Waals surface area contributed by atoms with Crippen molar-refractivity contribution in [3.05, 3.63) is 80.0 Å². The van der Waals surface area contributed by atoms with Crippen molar-refractivity contribution < 1.29 is 4.79 Å². The van der Waals surface area contributed by atoms with Crippen molar-refractivity contribution in [1.29, 1.82) is 0 Å². The average Bonchev–Trinajstić information content (AvgIpc) is 2.63. The summed E-state index contributed by atoms with van der Waals surface area (Å²) in [6.07, 6.45) is 0.156. The molecular weight excluding hydrogens is 388 g/mol. The summed E-state index contributed by atoms with van der Waals surface area (Å²) in [5.74, 6) is -0.189. The average molecular weight is 403 g/mol. The number of hydrogen-bond acceptors (Lipinski definition) is 4. The predicted molar refractivity (Wildman–Crippen MR) is 110 cm³/mol. The molecule has 4 nitrogen and oxygen atoms in total. The lowest BCUT2D eigenvalue weighted by molar-refractivity contribution is -0.116. The van der Waals surface area contributed by atoms with E-state index in [9.17, 15) is 9.59 Å². The van der Waals surface area contributed by atoms with E-state index < -0.39 is 0 Å². The van der Waals surface area contributed by atoms with Crippen LogP contribution in [0.5, 0.6) is 0 Å². The Morgan fingerprint density at radius 1 is 1.12 bits per heavy atom. The quantitative estimate of drug-likeness (QED) is 0.612. The molecule has 0 bridgehead atoms. The molecule has 0 aliphatic rings. The van der Waals surface area contributed by atoms with Crippen LogP contribution in [0.25, 0.3) is 10.4 Å². The van der Waals surface area contributed by atoms with Crippen molar-refractivity contribution >= 4 is 46.8 Å². The molecule has 0 fully saturated rings. The van der Waals surface area contributed by atoms with Crippen LogP contribution >= 0.6 is 35.2 Å². The molecule has 0 saturated carbocycles. The molecule has 1 amide bonds. The largest absolute Gasteiger partial charge is 0.326 e. The first-order chi connectivity index (χ1) is 12.5. The van der Waals surface area contributed by atoms with Crippen molar-refractivity contribution in [2.45, 2.75) is 13.0 Å². The smallest absolute Gasteiger partial charge is 0.253 e. The number of halogens is 1. The summed E-state index contributed by atoms with van der Waals surface area (Å²) in [5, 5.41) is 3.37. The summed E-state index contributed by atoms with van der Waals surface area (Å²) in [5.41, 5.74) is 1.41. The second-order valence-corrected chi connectivity index (χ2v) is 7.65. The van der Waals surface area contributed by atoms with Crippen LogP contribution in [0.2, 0.25) is 5.02 Å². The van der Waals surface area contributed by atoms with Crippen LogP contribution in [0.4, 0.5) is 5.69 Å². The van der Waals surface area contributed by atoms with Gasteiger partial charge in [-0.25, -0.2) is 0 Å². The monoisotopic (exact) mass is 402 g/mol. The molecule has 3 rings (SSSR count). The Morgan fingerprint density at radius 3 is 2.46 bits per heavy atom. The molecule has 3 aromatic rings. The minimum Gasteiger partial charge on any atom is -0.326 e. The fraction of sp³-hybridized carbons (Fsp3) is 0.105. The maximum absolute atomic E-state index is 12.4. The normalized spacial score (nSPS) is 10.5. The van der Waals surface area contributed by atoms with Crippen LogP contribution in [0.1, 0.15) is 6.42 Å². The van der Waals surface area contributed by atoms with E-state index >= 15 is 0 Å². The summed E-state index contributed by atoms with van der Waals surface area (Å²) in [6.45, 7) is 0.239. The number of carbonyl (C=O) groups excluding carboxylic acids is 1. The van der Waals surface area contributed by atoms with Gasteiger partial charge in [0.1, 0.15) is 0 Å². The van der Waals surface area contributed by atoms with E-state index in [1.54, 1.807) is 30.3 Å². The van der Waals surface area contributed by atoms with Crippen LogP contribution in [0, 0.1) is 3.95 Å². The Bertz CT molecular complexity index is 997. The zero-order valence-corrected chi connectivity index (χ0v) is 16.0. The summed E-state index contributed by atoms with van der Waals surface area (Å²) >= 11 is 12.5. The third-order valence-corrected chi connectivity index (χ3v) is 5.38. The van der Waals surface area contributed by atoms with Crippen LogP contribution < -0.4 is 10.9 Å². The number of anilines is 1. The first kappa shape index (κ1) is 18.5. The van der Waals surface area contributed by atoms with E-state index in [4.69, 9.17) is 23.8 Å². The Kier molecular flexibility index (Phi) is 5.98. The van der Waals surface area contributed by atoms with Crippen molar-refractivity contribution in [2.75, 3.05) is 5.32 Å². The van der Waals surface area contributed by atoms with Gasteiger partial charge in [-0.1, -0.05) is 41.9 Å². The maximum Gasteiger partial charge on any atom is 0.253 e. The number of nitrogens with zero attached hydrogens (tertiary/aromatic N) is 1. The predicted octanol–water partition coefficient (Wildman–Crippen LogP) is 4.99. The van der Waals surface area contributed by atoms with Crippen molar-refractivity contribution in [1.82, 2.24) is 4.57 Å². The highest BCUT2D eigenvalue weighted by Crippen LogP contribution is 2.22. The molecular formula is C19H15ClN2O2S2. The topological polar surface area (TPSA) is 51.1 Å². The number of amides is 1. The lowest BCUT2D eigenvalue weighted by Crippen LogP contribution is -2.22. The highest BCUT2D eigenvalue weighted by Gasteiger charge is 2.08. The van der Waals surface area contributed by atoms with Gasteiger partial charge in [0.2, 0.25) is 5.91 Å². The highest BCUT2D eigenvalue weighted by atomic mass is 35.5. The Hall–Kier alpha value is -2.28. The second-order valence-electron chi connectivity index (χ2n) is 5.54. The molecule has 0 radical (unpaired) electrons. The SMILES string of the molecule is O=C(CCn1c(=O)cc(-c2ccccc2)sc1=S)Nc1ccc(Cl)cc1. The molecule has 2 aromatic carbocycles. The maximum atomic E-state index is 12.4. The standard InChI is InChI=1S/C19H15ClN2O2S2/c20-14-6-8-15(9-7-14)21-17(23)10-11-22-18(24)12-16(26-19(22)25)13-4-2-1-3-5-13/h1-9,12H,10-11H2,(H,21,23). The van der Waals surface area contributed by atoms with Crippen LogP contribution in [0.3, 0.4) is 0 Å². The highest BCUT2D eigenvalue weighted by molar-refractivity contribution is 7.73. The molecule has 0 unspecified atom stereocenters. The number of nitrogens with one attached hydrogen (secondary N) is 1. The molecule has 0 atom stereocenters. The summed E-state index contributed by atoms with van der Waals surface area (Å²) in [4.78, 5) is 25.3. The van der Waals surface area contributed by atoms with E-state index in [0.717, 1.165) is 10.4 Å². The van der Waals surface area contributed by atoms with E-state index in [1.807, 2.05) is 30.3 Å². The van der Waals surface area contributed by atoms with Gasteiger partial charge in [0.05, 0.1) is 0 Å². The fourth-order valence-corrected chi connectivity index (χ4v) is 3.84. The molecule has 0 spiro atoms. The van der Waals surface area contributed by atoms with Crippen LogP contribution in [-0.2, 0) is 11.3 Å². The fourth-order valence-electron chi connectivity index (χ4n) is 2.37. The third-order valence-electron chi connectivity index (χ3n) is 3.69. The van der Waals surface area contributed by atoms with Gasteiger partial charge >= 0.3 is 0 Å². The number of rotatable bonds is 5. The van der Waals surface area contributed by atoms with Gasteiger partial charge in [-0.05, 0) is 42.0 Å². The molecule has 1 aromatic heterocycles. The molecule has 0 aliphatic heterocycles. The zero-order valence-electron chi connectivity index (χ0n) is 13.6. The molecule has 0 saturated heterocycles. The van der Waals surface area contributed by atoms with Gasteiger partial charge < -0.3 is 5.32 Å². The van der Waals surface area contributed by atoms with Gasteiger partial charge in [0, 0.05) is 34.6 Å². The van der Waals surface area contributed by atoms with Gasteiger partial charge in [0.15, 0.2) is 3.95 Å². The number of hydrogen-bond donors (Lipinski definition) is 1. The van der Waals surface area contributed by atoms with E-state index in [2.05, 4.69) is 5.32 Å². The molecule has 26 heavy (non-hydrogen) atoms. The van der Waals surface area contributed by atoms with Gasteiger partial charge in [-0.3, -0.25) is 14.2 Å². The molecule has 1 heterocycles. The van der Waals surface area contributed by atoms with Crippen LogP contribution in [-0.4, -0.2) is 10.5 Å². The molecule has 132 valence electrons. The summed E-state index contributed by atoms with van der Waals surface area (Å²) < 4.78 is 1.91. The second kappa shape index (κ2) is 8.40. The zero-order chi connectivity index (χ0) is 18.5. The molecule has 1 N–H and O–H groups in total. The first-order valence-electron chi connectivity index (χ1n) is 7.89. The van der Waals surface area contributed by atoms with E-state index in [-0.39, 0.29) is 24.4 Å². The lowest BCUT2D eigenvalue weighted by Gasteiger charge is -2.08. The summed E-state index contributed by atoms with van der Waals surface area (Å²) in [6, 6.07) is 18.0. The van der Waals surface area contributed by atoms with Gasteiger partial charge in [0.25, 0.3) is 5.56 Å². The Balaban J connectivity index is 1.70. The molecule has 0 aliphatic carbocycles. The first-order valence-corrected chi connectivity index (χ1v) is 9.49. The van der Waals surface area contributed by atoms with Crippen molar-refractivity contribution in [3.63, 3.8) is 0 Å². The number of aromatic nitrogens is 1. The Morgan fingerprint density at radius 2 is 1.81 bits per heavy atom. The third kappa shape index (κ3) is 4.66. The van der Waals surface area contributed by atoms with E-state index in [0.29, 0.717) is 14.7 Å². The van der Waals surface area contributed by atoms with Crippen LogP contribution in [0.15, 0.2) is 65.5 Å². The number of benzene rings is 2. The molecule has 7 heteroatoms. The van der Waals surface area contributed by atoms with Crippen molar-refractivity contribution in [2.24, 2.45) is 0 Å². The minimum absolute atomic E-state index is 0.156. The minimum atomic E-state index is -0.202. The lowest BCUT2D eigenvalue weighted by atomic mass is 10.2. The Labute approximate surface area is 164 Å². The van der Waals surface area contributed by atoms with Gasteiger partial charge in [-0.15, -0.1) is 11.3 Å². The summed E-state index contributed by atoms with van der Waals surface area (Å²) in [7, 11) is 0. The van der Waals surface area contributed by atoms with Gasteiger partial charge in [-0.2, -0.15) is 0 Å². The van der Waals surface area contributed by atoms with Crippen molar-refractivity contribution in [3.8, 4) is 10.4 Å². The van der Waals surface area contributed by atoms with E-state index in [1.165, 1.54) is 15.9 Å².